The van der Waals surface area contributed by atoms with E-state index in [0.29, 0.717) is 0 Å². The first-order valence-electron chi connectivity index (χ1n) is 4.33. The molecule has 0 spiro atoms. The van der Waals surface area contributed by atoms with Crippen LogP contribution in [0.1, 0.15) is 11.5 Å². The van der Waals surface area contributed by atoms with E-state index < -0.39 is 33.9 Å². The topological polar surface area (TPSA) is 60.2 Å². The summed E-state index contributed by atoms with van der Waals surface area (Å²) in [7, 11) is -4.12. The summed E-state index contributed by atoms with van der Waals surface area (Å²) in [5.41, 5.74) is -0.289. The van der Waals surface area contributed by atoms with Gasteiger partial charge in [-0.3, -0.25) is 4.39 Å². The molecule has 16 heavy (non-hydrogen) atoms. The Morgan fingerprint density at radius 2 is 1.81 bits per heavy atom. The molecule has 2 N–H and O–H groups in total. The van der Waals surface area contributed by atoms with E-state index in [1.54, 1.807) is 0 Å². The number of alkyl halides is 3. The van der Waals surface area contributed by atoms with E-state index in [-0.39, 0.29) is 5.56 Å². The van der Waals surface area contributed by atoms with Crippen molar-refractivity contribution in [3.63, 3.8) is 0 Å². The molecule has 0 saturated heterocycles. The molecule has 0 saturated carbocycles. The Bertz CT molecular complexity index is 462. The van der Waals surface area contributed by atoms with Crippen molar-refractivity contribution in [1.29, 1.82) is 0 Å². The van der Waals surface area contributed by atoms with Crippen molar-refractivity contribution in [2.24, 2.45) is 5.14 Å². The zero-order chi connectivity index (χ0) is 12.3. The Balaban J connectivity index is 3.33. The second kappa shape index (κ2) is 4.84. The Labute approximate surface area is 91.1 Å². The molecule has 1 unspecified atom stereocenters. The maximum absolute atomic E-state index is 12.5. The van der Waals surface area contributed by atoms with Gasteiger partial charge in [0.15, 0.2) is 0 Å². The van der Waals surface area contributed by atoms with Gasteiger partial charge in [0.2, 0.25) is 16.4 Å². The SMILES string of the molecule is NS(=O)(=O)c1ccccc1C(CF)C(F)F. The standard InChI is InChI=1S/C9H10F3NO2S/c10-5-7(9(11)12)6-3-1-2-4-8(6)16(13,14)15/h1-4,7,9H,5H2,(H2,13,14,15). The minimum atomic E-state index is -4.12. The molecule has 90 valence electrons. The fourth-order valence-electron chi connectivity index (χ4n) is 1.33. The van der Waals surface area contributed by atoms with Gasteiger partial charge in [0.25, 0.3) is 0 Å². The van der Waals surface area contributed by atoms with Gasteiger partial charge in [-0.1, -0.05) is 18.2 Å². The van der Waals surface area contributed by atoms with E-state index in [0.717, 1.165) is 12.1 Å². The molecule has 1 aromatic carbocycles. The molecule has 0 heterocycles. The summed E-state index contributed by atoms with van der Waals surface area (Å²) < 4.78 is 59.6. The molecule has 1 aromatic rings. The number of benzene rings is 1. The van der Waals surface area contributed by atoms with Crippen LogP contribution in [-0.4, -0.2) is 21.5 Å². The van der Waals surface area contributed by atoms with Gasteiger partial charge in [-0.2, -0.15) is 0 Å². The lowest BCUT2D eigenvalue weighted by Crippen LogP contribution is -2.19. The van der Waals surface area contributed by atoms with Crippen LogP contribution in [0.5, 0.6) is 0 Å². The first-order valence-corrected chi connectivity index (χ1v) is 5.88. The Morgan fingerprint density at radius 1 is 1.25 bits per heavy atom. The van der Waals surface area contributed by atoms with Crippen LogP contribution in [0.15, 0.2) is 29.2 Å². The van der Waals surface area contributed by atoms with Gasteiger partial charge < -0.3 is 0 Å². The van der Waals surface area contributed by atoms with E-state index in [2.05, 4.69) is 0 Å². The van der Waals surface area contributed by atoms with Crippen LogP contribution in [0.25, 0.3) is 0 Å². The van der Waals surface area contributed by atoms with Crippen LogP contribution in [0, 0.1) is 0 Å². The molecule has 3 nitrogen and oxygen atoms in total. The number of sulfonamides is 1. The van der Waals surface area contributed by atoms with Crippen molar-refractivity contribution in [3.8, 4) is 0 Å². The molecule has 0 aliphatic rings. The summed E-state index contributed by atoms with van der Waals surface area (Å²) in [6, 6.07) is 4.91. The first-order chi connectivity index (χ1) is 7.38. The summed E-state index contributed by atoms with van der Waals surface area (Å²) in [4.78, 5) is -0.460. The Kier molecular flexibility index (Phi) is 3.93. The summed E-state index contributed by atoms with van der Waals surface area (Å²) in [6.07, 6.45) is -2.98. The highest BCUT2D eigenvalue weighted by Crippen LogP contribution is 2.28. The number of hydrogen-bond donors (Lipinski definition) is 1. The molecule has 1 rings (SSSR count). The maximum atomic E-state index is 12.5. The maximum Gasteiger partial charge on any atom is 0.247 e. The van der Waals surface area contributed by atoms with Gasteiger partial charge in [0.1, 0.15) is 6.67 Å². The van der Waals surface area contributed by atoms with Crippen LogP contribution in [0.2, 0.25) is 0 Å². The fraction of sp³-hybridized carbons (Fsp3) is 0.333. The largest absolute Gasteiger partial charge is 0.250 e. The van der Waals surface area contributed by atoms with Crippen molar-refractivity contribution in [2.45, 2.75) is 17.2 Å². The van der Waals surface area contributed by atoms with Crippen molar-refractivity contribution < 1.29 is 21.6 Å². The highest BCUT2D eigenvalue weighted by Gasteiger charge is 2.27. The van der Waals surface area contributed by atoms with Crippen LogP contribution in [0.4, 0.5) is 13.2 Å². The molecule has 0 fully saturated rings. The molecule has 0 aromatic heterocycles. The summed E-state index contributed by atoms with van der Waals surface area (Å²) in [6.45, 7) is -1.34. The van der Waals surface area contributed by atoms with Crippen LogP contribution >= 0.6 is 0 Å². The zero-order valence-electron chi connectivity index (χ0n) is 8.11. The second-order valence-electron chi connectivity index (χ2n) is 3.18. The number of hydrogen-bond acceptors (Lipinski definition) is 2. The molecule has 1 atom stereocenters. The Hall–Kier alpha value is -1.08. The molecular weight excluding hydrogens is 243 g/mol. The molecule has 0 aliphatic carbocycles. The summed E-state index contributed by atoms with van der Waals surface area (Å²) in [5, 5.41) is 4.86. The molecular formula is C9H10F3NO2S. The average molecular weight is 253 g/mol. The highest BCUT2D eigenvalue weighted by atomic mass is 32.2. The highest BCUT2D eigenvalue weighted by molar-refractivity contribution is 7.89. The minimum absolute atomic E-state index is 0.289. The molecule has 0 radical (unpaired) electrons. The summed E-state index contributed by atoms with van der Waals surface area (Å²) in [5.74, 6) is -1.77. The van der Waals surface area contributed by atoms with Gasteiger partial charge in [-0.15, -0.1) is 0 Å². The van der Waals surface area contributed by atoms with Crippen molar-refractivity contribution in [3.05, 3.63) is 29.8 Å². The fourth-order valence-corrected chi connectivity index (χ4v) is 2.15. The lowest BCUT2D eigenvalue weighted by Gasteiger charge is -2.15. The van der Waals surface area contributed by atoms with E-state index >= 15 is 0 Å². The number of nitrogens with two attached hydrogens (primary N) is 1. The Morgan fingerprint density at radius 3 is 2.25 bits per heavy atom. The van der Waals surface area contributed by atoms with E-state index in [4.69, 9.17) is 5.14 Å². The summed E-state index contributed by atoms with van der Waals surface area (Å²) >= 11 is 0. The van der Waals surface area contributed by atoms with E-state index in [1.807, 2.05) is 0 Å². The third kappa shape index (κ3) is 2.73. The lowest BCUT2D eigenvalue weighted by atomic mass is 10.0. The van der Waals surface area contributed by atoms with E-state index in [9.17, 15) is 21.6 Å². The third-order valence-electron chi connectivity index (χ3n) is 2.10. The van der Waals surface area contributed by atoms with Crippen LogP contribution in [-0.2, 0) is 10.0 Å². The zero-order valence-corrected chi connectivity index (χ0v) is 8.92. The molecule has 7 heteroatoms. The van der Waals surface area contributed by atoms with Gasteiger partial charge in [-0.05, 0) is 11.6 Å². The van der Waals surface area contributed by atoms with Gasteiger partial charge in [-0.25, -0.2) is 22.3 Å². The second-order valence-corrected chi connectivity index (χ2v) is 4.71. The monoisotopic (exact) mass is 253 g/mol. The molecule has 0 amide bonds. The smallest absolute Gasteiger partial charge is 0.247 e. The van der Waals surface area contributed by atoms with Gasteiger partial charge in [0.05, 0.1) is 10.8 Å². The lowest BCUT2D eigenvalue weighted by molar-refractivity contribution is 0.0998. The van der Waals surface area contributed by atoms with Crippen LogP contribution < -0.4 is 5.14 Å². The predicted molar refractivity (Wildman–Crippen MR) is 52.5 cm³/mol. The van der Waals surface area contributed by atoms with Crippen molar-refractivity contribution in [2.75, 3.05) is 6.67 Å². The number of rotatable bonds is 4. The number of halogens is 3. The molecule has 0 bridgehead atoms. The quantitative estimate of drug-likeness (QED) is 0.887. The predicted octanol–water partition coefficient (Wildman–Crippen LogP) is 1.65. The first kappa shape index (κ1) is 13.0. The third-order valence-corrected chi connectivity index (χ3v) is 3.08. The van der Waals surface area contributed by atoms with E-state index in [1.165, 1.54) is 12.1 Å². The van der Waals surface area contributed by atoms with Crippen LogP contribution in [0.3, 0.4) is 0 Å². The van der Waals surface area contributed by atoms with Gasteiger partial charge >= 0.3 is 0 Å². The molecule has 0 aliphatic heterocycles. The van der Waals surface area contributed by atoms with Crippen molar-refractivity contribution >= 4 is 10.0 Å². The average Bonchev–Trinajstić information content (AvgIpc) is 2.17. The number of primary sulfonamides is 1. The van der Waals surface area contributed by atoms with Crippen molar-refractivity contribution in [1.82, 2.24) is 0 Å². The van der Waals surface area contributed by atoms with Gasteiger partial charge in [0, 0.05) is 0 Å². The minimum Gasteiger partial charge on any atom is -0.250 e. The normalized spacial score (nSPS) is 14.1.